The summed E-state index contributed by atoms with van der Waals surface area (Å²) in [6.07, 6.45) is 5.34. The first-order chi connectivity index (χ1) is 7.61. The molecule has 1 heterocycles. The zero-order chi connectivity index (χ0) is 12.0. The summed E-state index contributed by atoms with van der Waals surface area (Å²) in [5.74, 6) is 0.839. The Labute approximate surface area is 102 Å². The van der Waals surface area contributed by atoms with E-state index in [0.29, 0.717) is 6.04 Å². The first-order valence-corrected chi connectivity index (χ1v) is 7.10. The Kier molecular flexibility index (Phi) is 6.37. The lowest BCUT2D eigenvalue weighted by molar-refractivity contribution is 0.198. The maximum absolute atomic E-state index is 3.79. The van der Waals surface area contributed by atoms with Crippen molar-refractivity contribution >= 4 is 0 Å². The monoisotopic (exact) mass is 226 g/mol. The van der Waals surface area contributed by atoms with Crippen molar-refractivity contribution in [3.63, 3.8) is 0 Å². The van der Waals surface area contributed by atoms with Gasteiger partial charge in [-0.3, -0.25) is 0 Å². The van der Waals surface area contributed by atoms with Crippen LogP contribution in [0.15, 0.2) is 0 Å². The molecule has 1 saturated heterocycles. The van der Waals surface area contributed by atoms with E-state index in [9.17, 15) is 0 Å². The minimum Gasteiger partial charge on any atom is -0.311 e. The van der Waals surface area contributed by atoms with E-state index in [2.05, 4.69) is 37.9 Å². The number of piperidine rings is 1. The molecule has 2 nitrogen and oxygen atoms in total. The molecule has 0 radical (unpaired) electrons. The molecule has 0 spiro atoms. The van der Waals surface area contributed by atoms with Gasteiger partial charge < -0.3 is 10.2 Å². The molecule has 1 aliphatic rings. The average Bonchev–Trinajstić information content (AvgIpc) is 2.27. The molecule has 1 rings (SSSR count). The molecule has 96 valence electrons. The van der Waals surface area contributed by atoms with Crippen LogP contribution in [0.3, 0.4) is 0 Å². The quantitative estimate of drug-likeness (QED) is 0.749. The second kappa shape index (κ2) is 7.29. The van der Waals surface area contributed by atoms with Gasteiger partial charge in [0.25, 0.3) is 0 Å². The Balaban J connectivity index is 2.13. The Morgan fingerprint density at radius 1 is 1.12 bits per heavy atom. The summed E-state index contributed by atoms with van der Waals surface area (Å²) in [5, 5.41) is 3.79. The highest BCUT2D eigenvalue weighted by Crippen LogP contribution is 2.13. The number of hydrogen-bond acceptors (Lipinski definition) is 2. The van der Waals surface area contributed by atoms with Gasteiger partial charge in [0.2, 0.25) is 0 Å². The number of nitrogens with one attached hydrogen (secondary N) is 1. The summed E-state index contributed by atoms with van der Waals surface area (Å²) >= 11 is 0. The van der Waals surface area contributed by atoms with Gasteiger partial charge >= 0.3 is 0 Å². The van der Waals surface area contributed by atoms with Crippen LogP contribution in [0.4, 0.5) is 0 Å². The predicted molar refractivity (Wildman–Crippen MR) is 71.8 cm³/mol. The van der Waals surface area contributed by atoms with Crippen molar-refractivity contribution in [2.24, 2.45) is 5.92 Å². The van der Waals surface area contributed by atoms with Crippen LogP contribution in [-0.2, 0) is 0 Å². The summed E-state index contributed by atoms with van der Waals surface area (Å²) in [6.45, 7) is 13.0. The summed E-state index contributed by atoms with van der Waals surface area (Å²) in [5.41, 5.74) is 0. The van der Waals surface area contributed by atoms with Crippen molar-refractivity contribution < 1.29 is 0 Å². The predicted octanol–water partition coefficient (Wildman–Crippen LogP) is 2.89. The van der Waals surface area contributed by atoms with E-state index >= 15 is 0 Å². The normalized spacial score (nSPS) is 21.6. The van der Waals surface area contributed by atoms with E-state index in [4.69, 9.17) is 0 Å². The lowest BCUT2D eigenvalue weighted by atomic mass is 10.0. The van der Waals surface area contributed by atoms with Crippen molar-refractivity contribution in [1.82, 2.24) is 10.2 Å². The smallest absolute Gasteiger partial charge is 0.00938 e. The number of rotatable bonds is 6. The molecule has 1 atom stereocenters. The molecule has 1 N–H and O–H groups in total. The van der Waals surface area contributed by atoms with Crippen molar-refractivity contribution in [3.05, 3.63) is 0 Å². The first-order valence-electron chi connectivity index (χ1n) is 7.10. The number of hydrogen-bond donors (Lipinski definition) is 1. The lowest BCUT2D eigenvalue weighted by Crippen LogP contribution is -2.45. The van der Waals surface area contributed by atoms with Crippen molar-refractivity contribution in [1.29, 1.82) is 0 Å². The molecule has 2 heteroatoms. The summed E-state index contributed by atoms with van der Waals surface area (Å²) in [4.78, 5) is 2.55. The molecular formula is C14H30N2. The SMILES string of the molecule is CCN1CCC(NC(C)CCC(C)C)CC1. The fourth-order valence-corrected chi connectivity index (χ4v) is 2.48. The van der Waals surface area contributed by atoms with Crippen LogP contribution in [0.25, 0.3) is 0 Å². The van der Waals surface area contributed by atoms with Gasteiger partial charge in [-0.15, -0.1) is 0 Å². The van der Waals surface area contributed by atoms with Crippen molar-refractivity contribution in [3.8, 4) is 0 Å². The van der Waals surface area contributed by atoms with Crippen LogP contribution < -0.4 is 5.32 Å². The molecule has 1 fully saturated rings. The molecule has 0 aliphatic carbocycles. The Morgan fingerprint density at radius 2 is 1.75 bits per heavy atom. The van der Waals surface area contributed by atoms with E-state index in [1.807, 2.05) is 0 Å². The van der Waals surface area contributed by atoms with Crippen LogP contribution >= 0.6 is 0 Å². The van der Waals surface area contributed by atoms with Gasteiger partial charge in [-0.2, -0.15) is 0 Å². The summed E-state index contributed by atoms with van der Waals surface area (Å²) in [7, 11) is 0. The van der Waals surface area contributed by atoms with Crippen LogP contribution in [-0.4, -0.2) is 36.6 Å². The maximum atomic E-state index is 3.79. The summed E-state index contributed by atoms with van der Waals surface area (Å²) < 4.78 is 0. The van der Waals surface area contributed by atoms with Crippen LogP contribution in [0.1, 0.15) is 53.4 Å². The van der Waals surface area contributed by atoms with Gasteiger partial charge in [-0.25, -0.2) is 0 Å². The van der Waals surface area contributed by atoms with E-state index < -0.39 is 0 Å². The zero-order valence-corrected chi connectivity index (χ0v) is 11.6. The van der Waals surface area contributed by atoms with Gasteiger partial charge in [0.05, 0.1) is 0 Å². The summed E-state index contributed by atoms with van der Waals surface area (Å²) in [6, 6.07) is 1.46. The topological polar surface area (TPSA) is 15.3 Å². The fraction of sp³-hybridized carbons (Fsp3) is 1.00. The third-order valence-corrected chi connectivity index (χ3v) is 3.73. The van der Waals surface area contributed by atoms with Gasteiger partial charge in [-0.1, -0.05) is 20.8 Å². The largest absolute Gasteiger partial charge is 0.311 e. The Morgan fingerprint density at radius 3 is 2.25 bits per heavy atom. The van der Waals surface area contributed by atoms with Crippen LogP contribution in [0, 0.1) is 5.92 Å². The maximum Gasteiger partial charge on any atom is 0.00938 e. The minimum atomic E-state index is 0.695. The van der Waals surface area contributed by atoms with Gasteiger partial charge in [0.1, 0.15) is 0 Å². The standard InChI is InChI=1S/C14H30N2/c1-5-16-10-8-14(9-11-16)15-13(4)7-6-12(2)3/h12-15H,5-11H2,1-4H3. The molecule has 0 saturated carbocycles. The van der Waals surface area contributed by atoms with Crippen molar-refractivity contribution in [2.75, 3.05) is 19.6 Å². The molecule has 1 unspecified atom stereocenters. The average molecular weight is 226 g/mol. The molecule has 0 amide bonds. The zero-order valence-electron chi connectivity index (χ0n) is 11.6. The van der Waals surface area contributed by atoms with Gasteiger partial charge in [-0.05, 0) is 58.2 Å². The van der Waals surface area contributed by atoms with E-state index in [0.717, 1.165) is 12.0 Å². The fourth-order valence-electron chi connectivity index (χ4n) is 2.48. The molecule has 0 aromatic carbocycles. The molecular weight excluding hydrogens is 196 g/mol. The molecule has 16 heavy (non-hydrogen) atoms. The second-order valence-corrected chi connectivity index (χ2v) is 5.75. The molecule has 0 aromatic rings. The number of likely N-dealkylation sites (tertiary alicyclic amines) is 1. The lowest BCUT2D eigenvalue weighted by Gasteiger charge is -2.33. The highest BCUT2D eigenvalue weighted by Gasteiger charge is 2.19. The van der Waals surface area contributed by atoms with E-state index in [-0.39, 0.29) is 0 Å². The van der Waals surface area contributed by atoms with E-state index in [1.165, 1.54) is 45.3 Å². The minimum absolute atomic E-state index is 0.695. The van der Waals surface area contributed by atoms with Crippen molar-refractivity contribution in [2.45, 2.75) is 65.5 Å². The Hall–Kier alpha value is -0.0800. The third-order valence-electron chi connectivity index (χ3n) is 3.73. The molecule has 1 aliphatic heterocycles. The molecule has 0 aromatic heterocycles. The van der Waals surface area contributed by atoms with E-state index in [1.54, 1.807) is 0 Å². The van der Waals surface area contributed by atoms with Gasteiger partial charge in [0.15, 0.2) is 0 Å². The Bertz CT molecular complexity index is 172. The first kappa shape index (κ1) is 14.0. The second-order valence-electron chi connectivity index (χ2n) is 5.75. The van der Waals surface area contributed by atoms with Crippen LogP contribution in [0.2, 0.25) is 0 Å². The third kappa shape index (κ3) is 5.31. The van der Waals surface area contributed by atoms with Crippen LogP contribution in [0.5, 0.6) is 0 Å². The highest BCUT2D eigenvalue weighted by molar-refractivity contribution is 4.78. The highest BCUT2D eigenvalue weighted by atomic mass is 15.1. The van der Waals surface area contributed by atoms with Gasteiger partial charge in [0, 0.05) is 12.1 Å². The number of nitrogens with zero attached hydrogens (tertiary/aromatic N) is 1. The molecule has 0 bridgehead atoms.